The first kappa shape index (κ1) is 10.1. The average molecular weight is 282 g/mol. The highest BCUT2D eigenvalue weighted by Crippen LogP contribution is 2.35. The molecule has 0 fully saturated rings. The number of nitrogens with zero attached hydrogens (tertiary/aromatic N) is 2. The van der Waals surface area contributed by atoms with Crippen LogP contribution in [0.15, 0.2) is 27.5 Å². The number of halogens is 1. The number of furan rings is 1. The fraction of sp³-hybridized carbons (Fsp3) is 0.364. The quantitative estimate of drug-likeness (QED) is 0.873. The summed E-state index contributed by atoms with van der Waals surface area (Å²) in [6, 6.07) is 2.05. The van der Waals surface area contributed by atoms with E-state index < -0.39 is 0 Å². The fourth-order valence-electron chi connectivity index (χ4n) is 2.25. The van der Waals surface area contributed by atoms with E-state index in [4.69, 9.17) is 4.42 Å². The van der Waals surface area contributed by atoms with Crippen LogP contribution in [0.1, 0.15) is 23.1 Å². The summed E-state index contributed by atoms with van der Waals surface area (Å²) in [6.45, 7) is 1.82. The minimum atomic E-state index is 0.277. The molecule has 0 amide bonds. The molecule has 0 spiro atoms. The molecule has 3 heterocycles. The van der Waals surface area contributed by atoms with E-state index in [9.17, 15) is 0 Å². The molecular formula is C11H12BrN3O. The maximum atomic E-state index is 5.64. The van der Waals surface area contributed by atoms with E-state index in [1.807, 2.05) is 6.20 Å². The first-order valence-electron chi connectivity index (χ1n) is 5.20. The van der Waals surface area contributed by atoms with Crippen molar-refractivity contribution in [3.63, 3.8) is 0 Å². The standard InChI is InChI=1S/C11H12BrN3O/c1-15-5-8(11-13-2-3-14-11)7-4-10(12)16-9(7)6-15/h2-4,8H,5-6H2,1H3,(H,13,14). The molecule has 3 rings (SSSR count). The van der Waals surface area contributed by atoms with E-state index in [1.165, 1.54) is 5.56 Å². The number of H-pyrrole nitrogens is 1. The zero-order chi connectivity index (χ0) is 11.1. The molecule has 5 heteroatoms. The molecule has 0 saturated heterocycles. The van der Waals surface area contributed by atoms with E-state index in [-0.39, 0.29) is 5.92 Å². The summed E-state index contributed by atoms with van der Waals surface area (Å²) in [6.07, 6.45) is 3.65. The van der Waals surface area contributed by atoms with Crippen LogP contribution in [-0.2, 0) is 6.54 Å². The third-order valence-electron chi connectivity index (χ3n) is 2.94. The Labute approximate surface area is 102 Å². The number of fused-ring (bicyclic) bond motifs is 1. The predicted molar refractivity (Wildman–Crippen MR) is 63.2 cm³/mol. The van der Waals surface area contributed by atoms with Crippen molar-refractivity contribution in [3.05, 3.63) is 40.3 Å². The Morgan fingerprint density at radius 3 is 3.25 bits per heavy atom. The van der Waals surface area contributed by atoms with Gasteiger partial charge in [-0.1, -0.05) is 0 Å². The van der Waals surface area contributed by atoms with Crippen molar-refractivity contribution < 1.29 is 4.42 Å². The van der Waals surface area contributed by atoms with Crippen molar-refractivity contribution in [2.75, 3.05) is 13.6 Å². The van der Waals surface area contributed by atoms with E-state index >= 15 is 0 Å². The van der Waals surface area contributed by atoms with Gasteiger partial charge in [-0.3, -0.25) is 4.90 Å². The Kier molecular flexibility index (Phi) is 2.37. The Morgan fingerprint density at radius 2 is 2.50 bits per heavy atom. The van der Waals surface area contributed by atoms with Gasteiger partial charge in [-0.25, -0.2) is 4.98 Å². The van der Waals surface area contributed by atoms with Crippen LogP contribution in [-0.4, -0.2) is 28.5 Å². The van der Waals surface area contributed by atoms with Crippen LogP contribution in [0.5, 0.6) is 0 Å². The number of rotatable bonds is 1. The van der Waals surface area contributed by atoms with Crippen molar-refractivity contribution in [1.82, 2.24) is 14.9 Å². The van der Waals surface area contributed by atoms with E-state index in [0.29, 0.717) is 0 Å². The second-order valence-corrected chi connectivity index (χ2v) is 4.93. The molecule has 1 N–H and O–H groups in total. The summed E-state index contributed by atoms with van der Waals surface area (Å²) in [5.41, 5.74) is 1.24. The monoisotopic (exact) mass is 281 g/mol. The summed E-state index contributed by atoms with van der Waals surface area (Å²) in [5, 5.41) is 0. The number of hydrogen-bond donors (Lipinski definition) is 1. The molecule has 0 radical (unpaired) electrons. The zero-order valence-corrected chi connectivity index (χ0v) is 10.5. The van der Waals surface area contributed by atoms with Crippen molar-refractivity contribution in [2.45, 2.75) is 12.5 Å². The lowest BCUT2D eigenvalue weighted by Gasteiger charge is -2.27. The molecule has 1 aliphatic heterocycles. The Balaban J connectivity index is 2.06. The number of imidazole rings is 1. The molecule has 0 aromatic carbocycles. The second kappa shape index (κ2) is 3.75. The van der Waals surface area contributed by atoms with Gasteiger partial charge in [0.15, 0.2) is 4.67 Å². The summed E-state index contributed by atoms with van der Waals surface area (Å²) >= 11 is 3.39. The van der Waals surface area contributed by atoms with Crippen LogP contribution in [0, 0.1) is 0 Å². The van der Waals surface area contributed by atoms with Gasteiger partial charge in [-0.15, -0.1) is 0 Å². The number of aromatic amines is 1. The Morgan fingerprint density at radius 1 is 1.62 bits per heavy atom. The van der Waals surface area contributed by atoms with Gasteiger partial charge >= 0.3 is 0 Å². The van der Waals surface area contributed by atoms with Gasteiger partial charge < -0.3 is 9.40 Å². The highest BCUT2D eigenvalue weighted by molar-refractivity contribution is 9.10. The lowest BCUT2D eigenvalue weighted by molar-refractivity contribution is 0.258. The van der Waals surface area contributed by atoms with Crippen molar-refractivity contribution >= 4 is 15.9 Å². The molecule has 2 aromatic heterocycles. The third kappa shape index (κ3) is 1.60. The highest BCUT2D eigenvalue weighted by Gasteiger charge is 2.29. The SMILES string of the molecule is CN1Cc2oc(Br)cc2C(c2ncc[nH]2)C1. The predicted octanol–water partition coefficient (Wildman–Crippen LogP) is 2.34. The molecule has 16 heavy (non-hydrogen) atoms. The van der Waals surface area contributed by atoms with Gasteiger partial charge in [0, 0.05) is 24.5 Å². The molecule has 2 aromatic rings. The number of aromatic nitrogens is 2. The number of hydrogen-bond acceptors (Lipinski definition) is 3. The Bertz CT molecular complexity index is 491. The Hall–Kier alpha value is -1.07. The zero-order valence-electron chi connectivity index (χ0n) is 8.90. The topological polar surface area (TPSA) is 45.1 Å². The van der Waals surface area contributed by atoms with Crippen LogP contribution in [0.4, 0.5) is 0 Å². The number of nitrogens with one attached hydrogen (secondary N) is 1. The van der Waals surface area contributed by atoms with E-state index in [2.05, 4.69) is 43.9 Å². The summed E-state index contributed by atoms with van der Waals surface area (Å²) in [4.78, 5) is 9.77. The minimum absolute atomic E-state index is 0.277. The van der Waals surface area contributed by atoms with Gasteiger partial charge in [0.2, 0.25) is 0 Å². The second-order valence-electron chi connectivity index (χ2n) is 4.15. The summed E-state index contributed by atoms with van der Waals surface area (Å²) in [5.74, 6) is 2.31. The molecule has 84 valence electrons. The molecule has 0 saturated carbocycles. The van der Waals surface area contributed by atoms with Crippen molar-refractivity contribution in [1.29, 1.82) is 0 Å². The smallest absolute Gasteiger partial charge is 0.169 e. The normalized spacial score (nSPS) is 21.0. The first-order valence-corrected chi connectivity index (χ1v) is 5.99. The molecular weight excluding hydrogens is 270 g/mol. The summed E-state index contributed by atoms with van der Waals surface area (Å²) < 4.78 is 6.43. The van der Waals surface area contributed by atoms with Gasteiger partial charge in [0.05, 0.1) is 12.5 Å². The van der Waals surface area contributed by atoms with Crippen LogP contribution in [0.25, 0.3) is 0 Å². The molecule has 4 nitrogen and oxygen atoms in total. The maximum absolute atomic E-state index is 5.64. The van der Waals surface area contributed by atoms with E-state index in [0.717, 1.165) is 29.3 Å². The fourth-order valence-corrected chi connectivity index (χ4v) is 2.69. The van der Waals surface area contributed by atoms with Gasteiger partial charge in [-0.2, -0.15) is 0 Å². The first-order chi connectivity index (χ1) is 7.74. The summed E-state index contributed by atoms with van der Waals surface area (Å²) in [7, 11) is 2.09. The lowest BCUT2D eigenvalue weighted by Crippen LogP contribution is -2.30. The third-order valence-corrected chi connectivity index (χ3v) is 3.34. The van der Waals surface area contributed by atoms with Crippen LogP contribution >= 0.6 is 15.9 Å². The van der Waals surface area contributed by atoms with Crippen molar-refractivity contribution in [2.24, 2.45) is 0 Å². The van der Waals surface area contributed by atoms with Crippen LogP contribution in [0.2, 0.25) is 0 Å². The average Bonchev–Trinajstić information content (AvgIpc) is 2.83. The lowest BCUT2D eigenvalue weighted by atomic mass is 9.95. The van der Waals surface area contributed by atoms with E-state index in [1.54, 1.807) is 6.20 Å². The molecule has 1 atom stereocenters. The largest absolute Gasteiger partial charge is 0.453 e. The van der Waals surface area contributed by atoms with Gasteiger partial charge in [0.25, 0.3) is 0 Å². The van der Waals surface area contributed by atoms with Crippen LogP contribution in [0.3, 0.4) is 0 Å². The maximum Gasteiger partial charge on any atom is 0.169 e. The molecule has 0 aliphatic carbocycles. The van der Waals surface area contributed by atoms with Crippen molar-refractivity contribution in [3.8, 4) is 0 Å². The molecule has 1 aliphatic rings. The number of likely N-dealkylation sites (N-methyl/N-ethyl adjacent to an activating group) is 1. The van der Waals surface area contributed by atoms with Crippen LogP contribution < -0.4 is 0 Å². The minimum Gasteiger partial charge on any atom is -0.453 e. The molecule has 0 bridgehead atoms. The molecule has 1 unspecified atom stereocenters. The highest BCUT2D eigenvalue weighted by atomic mass is 79.9. The van der Waals surface area contributed by atoms with Gasteiger partial charge in [-0.05, 0) is 29.0 Å². The van der Waals surface area contributed by atoms with Gasteiger partial charge in [0.1, 0.15) is 11.6 Å².